The molecule has 8 nitrogen and oxygen atoms in total. The number of para-hydroxylation sites is 1. The van der Waals surface area contributed by atoms with Crippen LogP contribution in [0.4, 0.5) is 10.6 Å². The van der Waals surface area contributed by atoms with Crippen LogP contribution in [0.1, 0.15) is 19.3 Å². The minimum absolute atomic E-state index is 0.330. The number of anilines is 1. The van der Waals surface area contributed by atoms with Crippen LogP contribution in [-0.2, 0) is 0 Å². The Morgan fingerprint density at radius 3 is 2.82 bits per heavy atom. The SMILES string of the molecule is NC(=O)Oc1cccc2[nH]c(-c3ccc(NCCN4CCCCC4)nc3)nc12. The predicted molar refractivity (Wildman–Crippen MR) is 108 cm³/mol. The van der Waals surface area contributed by atoms with Crippen molar-refractivity contribution in [3.05, 3.63) is 36.5 Å². The second kappa shape index (κ2) is 8.26. The third-order valence-electron chi connectivity index (χ3n) is 4.91. The third-order valence-corrected chi connectivity index (χ3v) is 4.91. The smallest absolute Gasteiger partial charge is 0.408 e. The van der Waals surface area contributed by atoms with Gasteiger partial charge in [-0.25, -0.2) is 14.8 Å². The van der Waals surface area contributed by atoms with Crippen molar-refractivity contribution in [1.29, 1.82) is 0 Å². The molecule has 1 saturated heterocycles. The molecule has 1 aliphatic heterocycles. The summed E-state index contributed by atoms with van der Waals surface area (Å²) < 4.78 is 5.02. The number of aromatic nitrogens is 3. The molecule has 8 heteroatoms. The number of pyridine rings is 1. The molecule has 4 N–H and O–H groups in total. The highest BCUT2D eigenvalue weighted by Crippen LogP contribution is 2.27. The quantitative estimate of drug-likeness (QED) is 0.606. The molecule has 3 heterocycles. The largest absolute Gasteiger partial charge is 0.410 e. The summed E-state index contributed by atoms with van der Waals surface area (Å²) in [5.74, 6) is 1.83. The van der Waals surface area contributed by atoms with Crippen LogP contribution in [0.2, 0.25) is 0 Å². The highest BCUT2D eigenvalue weighted by Gasteiger charge is 2.12. The Morgan fingerprint density at radius 1 is 1.21 bits per heavy atom. The molecule has 146 valence electrons. The van der Waals surface area contributed by atoms with Crippen molar-refractivity contribution in [2.45, 2.75) is 19.3 Å². The minimum atomic E-state index is -0.862. The number of fused-ring (bicyclic) bond motifs is 1. The number of ether oxygens (including phenoxy) is 1. The molecule has 3 aromatic rings. The first-order valence-corrected chi connectivity index (χ1v) is 9.58. The van der Waals surface area contributed by atoms with Crippen molar-refractivity contribution >= 4 is 22.9 Å². The van der Waals surface area contributed by atoms with Crippen LogP contribution < -0.4 is 15.8 Å². The van der Waals surface area contributed by atoms with Gasteiger partial charge in [0.05, 0.1) is 5.52 Å². The molecule has 0 saturated carbocycles. The zero-order valence-corrected chi connectivity index (χ0v) is 15.6. The maximum absolute atomic E-state index is 11.1. The zero-order valence-electron chi connectivity index (χ0n) is 15.6. The first-order chi connectivity index (χ1) is 13.7. The third kappa shape index (κ3) is 4.23. The van der Waals surface area contributed by atoms with E-state index in [9.17, 15) is 4.79 Å². The van der Waals surface area contributed by atoms with Gasteiger partial charge in [0, 0.05) is 24.8 Å². The number of rotatable bonds is 6. The van der Waals surface area contributed by atoms with Gasteiger partial charge >= 0.3 is 6.09 Å². The number of aromatic amines is 1. The molecule has 0 bridgehead atoms. The van der Waals surface area contributed by atoms with Gasteiger partial charge < -0.3 is 25.7 Å². The van der Waals surface area contributed by atoms with E-state index in [1.165, 1.54) is 32.4 Å². The minimum Gasteiger partial charge on any atom is -0.408 e. The Morgan fingerprint density at radius 2 is 2.07 bits per heavy atom. The standard InChI is InChI=1S/C20H24N6O2/c21-20(27)28-16-6-4-5-15-18(16)25-19(24-15)14-7-8-17(23-13-14)22-9-12-26-10-2-1-3-11-26/h4-8,13H,1-3,9-12H2,(H2,21,27)(H,22,23)(H,24,25). The van der Waals surface area contributed by atoms with Gasteiger partial charge in [0.1, 0.15) is 17.2 Å². The molecule has 1 aliphatic rings. The Labute approximate surface area is 163 Å². The fourth-order valence-corrected chi connectivity index (χ4v) is 3.50. The normalized spacial score (nSPS) is 14.9. The first kappa shape index (κ1) is 18.2. The number of primary amides is 1. The van der Waals surface area contributed by atoms with E-state index in [1.807, 2.05) is 18.2 Å². The highest BCUT2D eigenvalue weighted by atomic mass is 16.5. The fraction of sp³-hybridized carbons (Fsp3) is 0.350. The number of nitrogens with zero attached hydrogens (tertiary/aromatic N) is 3. The maximum atomic E-state index is 11.1. The monoisotopic (exact) mass is 380 g/mol. The molecular weight excluding hydrogens is 356 g/mol. The predicted octanol–water partition coefficient (Wildman–Crippen LogP) is 2.98. The Hall–Kier alpha value is -3.13. The zero-order chi connectivity index (χ0) is 19.3. The van der Waals surface area contributed by atoms with Crippen LogP contribution in [0, 0.1) is 0 Å². The van der Waals surface area contributed by atoms with Crippen LogP contribution >= 0.6 is 0 Å². The number of imidazole rings is 1. The number of amides is 1. The molecule has 0 aliphatic carbocycles. The van der Waals surface area contributed by atoms with Crippen molar-refractivity contribution in [3.63, 3.8) is 0 Å². The van der Waals surface area contributed by atoms with E-state index in [0.29, 0.717) is 17.1 Å². The second-order valence-corrected chi connectivity index (χ2v) is 6.92. The summed E-state index contributed by atoms with van der Waals surface area (Å²) in [7, 11) is 0. The van der Waals surface area contributed by atoms with Crippen LogP contribution in [0.3, 0.4) is 0 Å². The number of nitrogens with one attached hydrogen (secondary N) is 2. The summed E-state index contributed by atoms with van der Waals surface area (Å²) in [5.41, 5.74) is 7.29. The lowest BCUT2D eigenvalue weighted by molar-refractivity contribution is 0.211. The topological polar surface area (TPSA) is 109 Å². The summed E-state index contributed by atoms with van der Waals surface area (Å²) in [6.07, 6.45) is 4.87. The van der Waals surface area contributed by atoms with E-state index in [0.717, 1.165) is 30.0 Å². The van der Waals surface area contributed by atoms with Gasteiger partial charge in [-0.15, -0.1) is 0 Å². The lowest BCUT2D eigenvalue weighted by Gasteiger charge is -2.26. The van der Waals surface area contributed by atoms with E-state index in [1.54, 1.807) is 18.3 Å². The van der Waals surface area contributed by atoms with Crippen LogP contribution in [0.15, 0.2) is 36.5 Å². The van der Waals surface area contributed by atoms with Crippen molar-refractivity contribution in [1.82, 2.24) is 19.9 Å². The van der Waals surface area contributed by atoms with E-state index >= 15 is 0 Å². The van der Waals surface area contributed by atoms with Gasteiger partial charge in [0.25, 0.3) is 0 Å². The number of H-pyrrole nitrogens is 1. The summed E-state index contributed by atoms with van der Waals surface area (Å²) in [5, 5.41) is 3.37. The molecule has 1 fully saturated rings. The number of benzene rings is 1. The van der Waals surface area contributed by atoms with Crippen molar-refractivity contribution in [2.75, 3.05) is 31.5 Å². The fourth-order valence-electron chi connectivity index (χ4n) is 3.50. The number of carbonyl (C=O) groups is 1. The van der Waals surface area contributed by atoms with Gasteiger partial charge in [-0.2, -0.15) is 0 Å². The molecular formula is C20H24N6O2. The Balaban J connectivity index is 1.42. The van der Waals surface area contributed by atoms with Crippen molar-refractivity contribution < 1.29 is 9.53 Å². The Bertz CT molecular complexity index is 947. The lowest BCUT2D eigenvalue weighted by Crippen LogP contribution is -2.33. The summed E-state index contributed by atoms with van der Waals surface area (Å²) >= 11 is 0. The van der Waals surface area contributed by atoms with Crippen LogP contribution in [0.25, 0.3) is 22.4 Å². The molecule has 1 amide bonds. The molecule has 0 spiro atoms. The molecule has 28 heavy (non-hydrogen) atoms. The van der Waals surface area contributed by atoms with E-state index in [2.05, 4.69) is 25.2 Å². The second-order valence-electron chi connectivity index (χ2n) is 6.92. The highest BCUT2D eigenvalue weighted by molar-refractivity contribution is 5.87. The van der Waals surface area contributed by atoms with Gasteiger partial charge in [-0.3, -0.25) is 0 Å². The molecule has 0 unspecified atom stereocenters. The van der Waals surface area contributed by atoms with E-state index in [-0.39, 0.29) is 0 Å². The molecule has 2 aromatic heterocycles. The van der Waals surface area contributed by atoms with Gasteiger partial charge in [-0.05, 0) is 50.2 Å². The van der Waals surface area contributed by atoms with Crippen molar-refractivity contribution in [2.24, 2.45) is 5.73 Å². The van der Waals surface area contributed by atoms with Gasteiger partial charge in [0.2, 0.25) is 0 Å². The first-order valence-electron chi connectivity index (χ1n) is 9.58. The van der Waals surface area contributed by atoms with Crippen LogP contribution in [0.5, 0.6) is 5.75 Å². The van der Waals surface area contributed by atoms with Crippen molar-refractivity contribution in [3.8, 4) is 17.1 Å². The number of likely N-dealkylation sites (tertiary alicyclic amines) is 1. The van der Waals surface area contributed by atoms with Gasteiger partial charge in [-0.1, -0.05) is 12.5 Å². The lowest BCUT2D eigenvalue weighted by atomic mass is 10.1. The maximum Gasteiger partial charge on any atom is 0.410 e. The summed E-state index contributed by atoms with van der Waals surface area (Å²) in [6.45, 7) is 4.31. The number of nitrogens with two attached hydrogens (primary N) is 1. The summed E-state index contributed by atoms with van der Waals surface area (Å²) in [4.78, 5) is 25.8. The molecule has 4 rings (SSSR count). The number of carbonyl (C=O) groups excluding carboxylic acids is 1. The number of hydrogen-bond donors (Lipinski definition) is 3. The van der Waals surface area contributed by atoms with Gasteiger partial charge in [0.15, 0.2) is 5.75 Å². The van der Waals surface area contributed by atoms with E-state index < -0.39 is 6.09 Å². The molecule has 0 atom stereocenters. The molecule has 0 radical (unpaired) electrons. The number of hydrogen-bond acceptors (Lipinski definition) is 6. The number of piperidine rings is 1. The van der Waals surface area contributed by atoms with Crippen LogP contribution in [-0.4, -0.2) is 52.1 Å². The Kier molecular flexibility index (Phi) is 5.38. The average molecular weight is 380 g/mol. The average Bonchev–Trinajstić information content (AvgIpc) is 3.14. The molecule has 1 aromatic carbocycles. The van der Waals surface area contributed by atoms with E-state index in [4.69, 9.17) is 10.5 Å². The summed E-state index contributed by atoms with van der Waals surface area (Å²) in [6, 6.07) is 9.20.